The number of benzene rings is 5. The average molecular weight is 771 g/mol. The third-order valence-corrected chi connectivity index (χ3v) is 10.4. The lowest BCUT2D eigenvalue weighted by Gasteiger charge is -2.36. The molecular weight excluding hydrogens is 736 g/mol. The summed E-state index contributed by atoms with van der Waals surface area (Å²) in [6, 6.07) is 35.8. The fourth-order valence-corrected chi connectivity index (χ4v) is 7.63. The van der Waals surface area contributed by atoms with Gasteiger partial charge in [-0.25, -0.2) is 4.79 Å². The number of esters is 1. The van der Waals surface area contributed by atoms with Gasteiger partial charge in [-0.1, -0.05) is 138 Å². The molecule has 1 aliphatic carbocycles. The number of ether oxygens (including phenoxy) is 2. The van der Waals surface area contributed by atoms with Crippen molar-refractivity contribution < 1.29 is 41.4 Å². The van der Waals surface area contributed by atoms with Crippen molar-refractivity contribution >= 4 is 29.6 Å². The highest BCUT2D eigenvalue weighted by molar-refractivity contribution is 6.31. The van der Waals surface area contributed by atoms with E-state index in [2.05, 4.69) is 5.32 Å². The van der Waals surface area contributed by atoms with Gasteiger partial charge < -0.3 is 19.7 Å². The summed E-state index contributed by atoms with van der Waals surface area (Å²) in [5.41, 5.74) is 4.27. The molecule has 7 rings (SSSR count). The molecule has 5 aromatic rings. The van der Waals surface area contributed by atoms with Gasteiger partial charge in [0, 0.05) is 27.6 Å². The first-order valence-electron chi connectivity index (χ1n) is 17.6. The average Bonchev–Trinajstić information content (AvgIpc) is 3.61. The molecule has 2 amide bonds. The Morgan fingerprint density at radius 2 is 1.29 bits per heavy atom. The first-order valence-corrected chi connectivity index (χ1v) is 17.9. The van der Waals surface area contributed by atoms with Crippen LogP contribution in [-0.2, 0) is 24.7 Å². The van der Waals surface area contributed by atoms with E-state index in [-0.39, 0.29) is 22.4 Å². The molecule has 0 saturated carbocycles. The monoisotopic (exact) mass is 770 g/mol. The number of rotatable bonds is 10. The summed E-state index contributed by atoms with van der Waals surface area (Å²) in [6.45, 7) is -1.53. The Morgan fingerprint density at radius 3 is 1.89 bits per heavy atom. The topological polar surface area (TPSA) is 84.9 Å². The summed E-state index contributed by atoms with van der Waals surface area (Å²) >= 11 is 6.77. The van der Waals surface area contributed by atoms with Gasteiger partial charge >= 0.3 is 23.9 Å². The summed E-state index contributed by atoms with van der Waals surface area (Å²) in [7, 11) is 0. The number of carbonyl (C=O) groups excluding carboxylic acids is 3. The van der Waals surface area contributed by atoms with Crippen LogP contribution in [0.25, 0.3) is 11.1 Å². The lowest BCUT2D eigenvalue weighted by molar-refractivity contribution is -0.172. The van der Waals surface area contributed by atoms with Crippen LogP contribution in [0.4, 0.5) is 22.4 Å². The highest BCUT2D eigenvalue weighted by atomic mass is 35.5. The Kier molecular flexibility index (Phi) is 10.2. The summed E-state index contributed by atoms with van der Waals surface area (Å²) in [4.78, 5) is 41.7. The largest absolute Gasteiger partial charge is 0.449 e. The second-order valence-electron chi connectivity index (χ2n) is 13.7. The third-order valence-electron chi connectivity index (χ3n) is 10.1. The van der Waals surface area contributed by atoms with Crippen LogP contribution < -0.4 is 5.32 Å². The molecule has 12 heteroatoms. The Hall–Kier alpha value is -5.68. The SMILES string of the molecule is Cc1ccc(C(OC(=O)C[C@H](NC(=O)OCC2c3ccccc3-c3ccccc32)C(=O)N2CC(F)(F)C(F)(F)C2)(c2ccccc2)c2ccccc2Cl)cc1. The minimum Gasteiger partial charge on any atom is -0.449 e. The fraction of sp³-hybridized carbons (Fsp3) is 0.233. The maximum atomic E-state index is 14.3. The number of amides is 2. The molecule has 0 radical (unpaired) electrons. The van der Waals surface area contributed by atoms with Gasteiger partial charge in [0.15, 0.2) is 5.60 Å². The quantitative estimate of drug-likeness (QED) is 0.0872. The van der Waals surface area contributed by atoms with E-state index in [0.717, 1.165) is 27.8 Å². The van der Waals surface area contributed by atoms with E-state index in [1.807, 2.05) is 67.6 Å². The number of aryl methyl sites for hydroxylation is 1. The number of alkyl halides is 4. The van der Waals surface area contributed by atoms with E-state index in [0.29, 0.717) is 16.7 Å². The van der Waals surface area contributed by atoms with E-state index in [9.17, 15) is 31.9 Å². The van der Waals surface area contributed by atoms with E-state index < -0.39 is 61.0 Å². The summed E-state index contributed by atoms with van der Waals surface area (Å²) in [5, 5.41) is 2.55. The van der Waals surface area contributed by atoms with Crippen molar-refractivity contribution in [2.75, 3.05) is 19.7 Å². The van der Waals surface area contributed by atoms with Crippen molar-refractivity contribution in [2.45, 2.75) is 42.8 Å². The van der Waals surface area contributed by atoms with E-state index in [4.69, 9.17) is 21.1 Å². The fourth-order valence-electron chi connectivity index (χ4n) is 7.36. The standard InChI is InChI=1S/C43H35ClF4N2O5/c1-27-19-21-29(22-20-27)43(28-11-3-2-4-12-28,35-17-9-10-18-36(35)44)55-38(51)23-37(39(52)50-25-41(45,46)42(47,48)26-50)49-40(53)54-24-34-32-15-7-5-13-30(32)31-14-6-8-16-33(31)34/h2-22,34,37H,23-26H2,1H3,(H,49,53)/t37-,43?/m0/s1. The Labute approximate surface area is 319 Å². The molecule has 1 unspecified atom stereocenters. The minimum absolute atomic E-state index is 0.178. The molecule has 1 saturated heterocycles. The van der Waals surface area contributed by atoms with Crippen molar-refractivity contribution in [1.82, 2.24) is 10.2 Å². The molecule has 1 aliphatic heterocycles. The smallest absolute Gasteiger partial charge is 0.407 e. The van der Waals surface area contributed by atoms with Crippen LogP contribution >= 0.6 is 11.6 Å². The van der Waals surface area contributed by atoms with Crippen molar-refractivity contribution in [1.29, 1.82) is 0 Å². The molecule has 1 N–H and O–H groups in total. The predicted octanol–water partition coefficient (Wildman–Crippen LogP) is 8.89. The van der Waals surface area contributed by atoms with Crippen molar-refractivity contribution in [3.8, 4) is 11.1 Å². The maximum Gasteiger partial charge on any atom is 0.407 e. The van der Waals surface area contributed by atoms with Crippen molar-refractivity contribution in [3.05, 3.63) is 166 Å². The third kappa shape index (κ3) is 7.16. The van der Waals surface area contributed by atoms with Gasteiger partial charge in [-0.2, -0.15) is 17.6 Å². The van der Waals surface area contributed by atoms with Crippen LogP contribution in [0.3, 0.4) is 0 Å². The number of likely N-dealkylation sites (tertiary alicyclic amines) is 1. The van der Waals surface area contributed by atoms with Gasteiger partial charge in [0.25, 0.3) is 0 Å². The molecule has 55 heavy (non-hydrogen) atoms. The lowest BCUT2D eigenvalue weighted by atomic mass is 9.79. The number of carbonyl (C=O) groups is 3. The van der Waals surface area contributed by atoms with Crippen molar-refractivity contribution in [3.63, 3.8) is 0 Å². The lowest BCUT2D eigenvalue weighted by Crippen LogP contribution is -2.50. The Bertz CT molecular complexity index is 2170. The highest BCUT2D eigenvalue weighted by Crippen LogP contribution is 2.46. The molecule has 7 nitrogen and oxygen atoms in total. The Morgan fingerprint density at radius 1 is 0.764 bits per heavy atom. The molecule has 0 aromatic heterocycles. The number of nitrogens with zero attached hydrogens (tertiary/aromatic N) is 1. The van der Waals surface area contributed by atoms with E-state index >= 15 is 0 Å². The number of hydrogen-bond acceptors (Lipinski definition) is 5. The van der Waals surface area contributed by atoms with Crippen LogP contribution in [0.2, 0.25) is 5.02 Å². The summed E-state index contributed by atoms with van der Waals surface area (Å²) in [5.74, 6) is -11.8. The van der Waals surface area contributed by atoms with Crippen LogP contribution in [0.1, 0.15) is 45.7 Å². The summed E-state index contributed by atoms with van der Waals surface area (Å²) in [6.07, 6.45) is -2.09. The number of alkyl carbamates (subject to hydrolysis) is 1. The normalized spacial score (nSPS) is 17.0. The van der Waals surface area contributed by atoms with Gasteiger partial charge in [0.2, 0.25) is 5.91 Å². The molecule has 2 atom stereocenters. The number of fused-ring (bicyclic) bond motifs is 3. The van der Waals surface area contributed by atoms with Crippen LogP contribution in [0.15, 0.2) is 127 Å². The van der Waals surface area contributed by atoms with Crippen LogP contribution in [-0.4, -0.2) is 60.5 Å². The van der Waals surface area contributed by atoms with Gasteiger partial charge in [-0.05, 0) is 35.2 Å². The molecule has 5 aromatic carbocycles. The molecule has 282 valence electrons. The molecular formula is C43H35ClF4N2O5. The number of nitrogens with one attached hydrogen (secondary N) is 1. The number of hydrogen-bond donors (Lipinski definition) is 1. The molecule has 1 fully saturated rings. The van der Waals surface area contributed by atoms with Crippen molar-refractivity contribution in [2.24, 2.45) is 0 Å². The summed E-state index contributed by atoms with van der Waals surface area (Å²) < 4.78 is 69.4. The Balaban J connectivity index is 1.20. The minimum atomic E-state index is -4.53. The number of halogens is 5. The molecule has 1 heterocycles. The maximum absolute atomic E-state index is 14.3. The first-order chi connectivity index (χ1) is 26.3. The molecule has 2 aliphatic rings. The predicted molar refractivity (Wildman–Crippen MR) is 198 cm³/mol. The van der Waals surface area contributed by atoms with Crippen LogP contribution in [0.5, 0.6) is 0 Å². The molecule has 0 spiro atoms. The van der Waals surface area contributed by atoms with Gasteiger partial charge in [-0.3, -0.25) is 9.59 Å². The second kappa shape index (κ2) is 14.9. The van der Waals surface area contributed by atoms with Crippen LogP contribution in [0, 0.1) is 6.92 Å². The second-order valence-corrected chi connectivity index (χ2v) is 14.1. The van der Waals surface area contributed by atoms with Gasteiger partial charge in [-0.15, -0.1) is 0 Å². The van der Waals surface area contributed by atoms with E-state index in [1.165, 1.54) is 0 Å². The highest BCUT2D eigenvalue weighted by Gasteiger charge is 2.64. The molecule has 0 bridgehead atoms. The zero-order valence-corrected chi connectivity index (χ0v) is 30.2. The first kappa shape index (κ1) is 37.6. The zero-order valence-electron chi connectivity index (χ0n) is 29.5. The van der Waals surface area contributed by atoms with Gasteiger partial charge in [0.1, 0.15) is 12.6 Å². The zero-order chi connectivity index (χ0) is 39.0. The van der Waals surface area contributed by atoms with E-state index in [1.54, 1.807) is 66.7 Å². The van der Waals surface area contributed by atoms with Gasteiger partial charge in [0.05, 0.1) is 19.5 Å².